The molecular formula is C38H35N3O. The number of hydrogen-bond acceptors (Lipinski definition) is 2. The van der Waals surface area contributed by atoms with Crippen molar-refractivity contribution in [1.29, 1.82) is 0 Å². The molecule has 3 heterocycles. The summed E-state index contributed by atoms with van der Waals surface area (Å²) in [5.41, 5.74) is 8.75. The molecule has 0 bridgehead atoms. The van der Waals surface area contributed by atoms with Gasteiger partial charge in [0.2, 0.25) is 0 Å². The number of Topliss-reactive ketones (excluding diaryl/α,β-unsaturated/α-hetero) is 1. The van der Waals surface area contributed by atoms with Crippen LogP contribution in [0, 0.1) is 19.3 Å². The van der Waals surface area contributed by atoms with Crippen LogP contribution in [0.2, 0.25) is 0 Å². The number of fused-ring (bicyclic) bond motifs is 3. The summed E-state index contributed by atoms with van der Waals surface area (Å²) in [5, 5.41) is 0. The van der Waals surface area contributed by atoms with Gasteiger partial charge in [-0.05, 0) is 66.6 Å². The van der Waals surface area contributed by atoms with Crippen LogP contribution in [0.3, 0.4) is 0 Å². The molecule has 1 atom stereocenters. The number of pyridine rings is 1. The van der Waals surface area contributed by atoms with Gasteiger partial charge < -0.3 is 8.97 Å². The first-order valence-corrected chi connectivity index (χ1v) is 14.8. The van der Waals surface area contributed by atoms with Gasteiger partial charge in [0, 0.05) is 29.2 Å². The molecular weight excluding hydrogens is 514 g/mol. The van der Waals surface area contributed by atoms with Gasteiger partial charge in [0.25, 0.3) is 0 Å². The van der Waals surface area contributed by atoms with Crippen molar-refractivity contribution in [3.05, 3.63) is 167 Å². The molecule has 1 unspecified atom stereocenters. The number of carbonyl (C=O) groups excluding carboxylic acids is 1. The summed E-state index contributed by atoms with van der Waals surface area (Å²) in [5.74, 6) is 0.215. The number of benzene rings is 3. The Morgan fingerprint density at radius 1 is 0.786 bits per heavy atom. The van der Waals surface area contributed by atoms with Crippen molar-refractivity contribution >= 4 is 11.3 Å². The Morgan fingerprint density at radius 2 is 1.33 bits per heavy atom. The molecule has 208 valence electrons. The van der Waals surface area contributed by atoms with Crippen LogP contribution >= 0.6 is 0 Å². The minimum absolute atomic E-state index is 0.215. The van der Waals surface area contributed by atoms with E-state index in [1.54, 1.807) is 0 Å². The lowest BCUT2D eigenvalue weighted by atomic mass is 9.70. The van der Waals surface area contributed by atoms with Crippen LogP contribution in [0.4, 0.5) is 0 Å². The molecule has 6 aromatic rings. The lowest BCUT2D eigenvalue weighted by Crippen LogP contribution is -2.38. The molecule has 0 N–H and O–H groups in total. The minimum atomic E-state index is -0.626. The standard InChI is InChI=1S/C38H35N3O/c1-27-32-22-23-37(3,36(42)35(32)40-24-14-13-21-34(27)40)25-33-28(2)41(26-39-33)38(29-15-7-4-8-16-29,30-17-9-5-10-18-30)31-19-11-6-12-20-31/h4-21,24,26H,22-23,25H2,1-3H3. The first-order valence-electron chi connectivity index (χ1n) is 14.8. The van der Waals surface area contributed by atoms with E-state index in [4.69, 9.17) is 4.98 Å². The van der Waals surface area contributed by atoms with Crippen LogP contribution in [0.15, 0.2) is 122 Å². The quantitative estimate of drug-likeness (QED) is 0.198. The molecule has 0 saturated carbocycles. The van der Waals surface area contributed by atoms with E-state index < -0.39 is 11.0 Å². The molecule has 0 fully saturated rings. The molecule has 0 aliphatic heterocycles. The van der Waals surface area contributed by atoms with Gasteiger partial charge in [0.1, 0.15) is 5.54 Å². The number of carbonyl (C=O) groups is 1. The van der Waals surface area contributed by atoms with Gasteiger partial charge in [0.15, 0.2) is 5.78 Å². The highest BCUT2D eigenvalue weighted by atomic mass is 16.1. The van der Waals surface area contributed by atoms with E-state index in [9.17, 15) is 4.79 Å². The largest absolute Gasteiger partial charge is 0.316 e. The van der Waals surface area contributed by atoms with Gasteiger partial charge in [-0.15, -0.1) is 0 Å². The molecule has 3 aromatic carbocycles. The predicted molar refractivity (Wildman–Crippen MR) is 168 cm³/mol. The molecule has 4 nitrogen and oxygen atoms in total. The number of rotatable bonds is 6. The fourth-order valence-electron chi connectivity index (χ4n) is 7.23. The Bertz CT molecular complexity index is 1800. The van der Waals surface area contributed by atoms with E-state index in [-0.39, 0.29) is 5.78 Å². The van der Waals surface area contributed by atoms with Crippen molar-refractivity contribution in [1.82, 2.24) is 14.0 Å². The van der Waals surface area contributed by atoms with Gasteiger partial charge in [0.05, 0.1) is 17.7 Å². The summed E-state index contributed by atoms with van der Waals surface area (Å²) < 4.78 is 4.42. The molecule has 7 rings (SSSR count). The zero-order valence-electron chi connectivity index (χ0n) is 24.4. The van der Waals surface area contributed by atoms with Crippen molar-refractivity contribution in [3.63, 3.8) is 0 Å². The molecule has 3 aromatic heterocycles. The molecule has 42 heavy (non-hydrogen) atoms. The van der Waals surface area contributed by atoms with Crippen molar-refractivity contribution in [2.45, 2.75) is 45.6 Å². The van der Waals surface area contributed by atoms with E-state index in [1.165, 1.54) is 11.1 Å². The van der Waals surface area contributed by atoms with Crippen molar-refractivity contribution in [2.75, 3.05) is 0 Å². The zero-order valence-corrected chi connectivity index (χ0v) is 24.4. The van der Waals surface area contributed by atoms with E-state index in [1.807, 2.05) is 24.7 Å². The monoisotopic (exact) mass is 549 g/mol. The van der Waals surface area contributed by atoms with Crippen LogP contribution in [0.25, 0.3) is 5.52 Å². The Balaban J connectivity index is 1.37. The predicted octanol–water partition coefficient (Wildman–Crippen LogP) is 7.97. The Kier molecular flexibility index (Phi) is 6.23. The van der Waals surface area contributed by atoms with Crippen molar-refractivity contribution in [2.24, 2.45) is 5.41 Å². The maximum atomic E-state index is 14.3. The Morgan fingerprint density at radius 3 is 1.90 bits per heavy atom. The smallest absolute Gasteiger partial charge is 0.186 e. The molecule has 0 radical (unpaired) electrons. The Labute approximate surface area is 247 Å². The highest BCUT2D eigenvalue weighted by molar-refractivity contribution is 6.03. The third-order valence-corrected chi connectivity index (χ3v) is 9.52. The lowest BCUT2D eigenvalue weighted by Gasteiger charge is -2.38. The summed E-state index contributed by atoms with van der Waals surface area (Å²) in [7, 11) is 0. The van der Waals surface area contributed by atoms with E-state index in [0.717, 1.165) is 52.1 Å². The number of aryl methyl sites for hydroxylation is 1. The van der Waals surface area contributed by atoms with Gasteiger partial charge in [-0.25, -0.2) is 4.98 Å². The van der Waals surface area contributed by atoms with Crippen LogP contribution < -0.4 is 0 Å². The summed E-state index contributed by atoms with van der Waals surface area (Å²) in [6.07, 6.45) is 6.31. The number of ketones is 1. The van der Waals surface area contributed by atoms with Crippen LogP contribution in [0.5, 0.6) is 0 Å². The number of aromatic nitrogens is 3. The molecule has 0 saturated heterocycles. The van der Waals surface area contributed by atoms with Gasteiger partial charge in [-0.1, -0.05) is 104 Å². The first-order chi connectivity index (χ1) is 20.4. The van der Waals surface area contributed by atoms with Gasteiger partial charge in [-0.2, -0.15) is 0 Å². The topological polar surface area (TPSA) is 39.3 Å². The fourth-order valence-corrected chi connectivity index (χ4v) is 7.23. The van der Waals surface area contributed by atoms with Crippen LogP contribution in [-0.2, 0) is 18.4 Å². The van der Waals surface area contributed by atoms with E-state index in [0.29, 0.717) is 6.42 Å². The van der Waals surface area contributed by atoms with Gasteiger partial charge in [-0.3, -0.25) is 4.79 Å². The number of hydrogen-bond donors (Lipinski definition) is 0. The minimum Gasteiger partial charge on any atom is -0.316 e. The van der Waals surface area contributed by atoms with E-state index in [2.05, 4.69) is 127 Å². The highest BCUT2D eigenvalue weighted by Gasteiger charge is 2.44. The second-order valence-electron chi connectivity index (χ2n) is 11.9. The van der Waals surface area contributed by atoms with Gasteiger partial charge >= 0.3 is 0 Å². The number of nitrogens with zero attached hydrogens (tertiary/aromatic N) is 3. The van der Waals surface area contributed by atoms with Crippen molar-refractivity contribution < 1.29 is 4.79 Å². The number of imidazole rings is 1. The zero-order chi connectivity index (χ0) is 28.9. The summed E-state index contributed by atoms with van der Waals surface area (Å²) in [6.45, 7) is 6.43. The summed E-state index contributed by atoms with van der Waals surface area (Å²) >= 11 is 0. The van der Waals surface area contributed by atoms with Crippen LogP contribution in [0.1, 0.15) is 63.0 Å². The van der Waals surface area contributed by atoms with Crippen molar-refractivity contribution in [3.8, 4) is 0 Å². The molecule has 0 spiro atoms. The SMILES string of the molecule is Cc1c2c(n3ccccc13)C(=O)C(C)(Cc1ncn(C(c3ccccc3)(c3ccccc3)c3ccccc3)c1C)CC2. The third kappa shape index (κ3) is 3.82. The Hall–Kier alpha value is -4.70. The maximum absolute atomic E-state index is 14.3. The maximum Gasteiger partial charge on any atom is 0.186 e. The third-order valence-electron chi connectivity index (χ3n) is 9.52. The average molecular weight is 550 g/mol. The lowest BCUT2D eigenvalue weighted by molar-refractivity contribution is 0.0775. The second kappa shape index (κ2) is 9.99. The molecule has 0 amide bonds. The van der Waals surface area contributed by atoms with E-state index >= 15 is 0 Å². The summed E-state index contributed by atoms with van der Waals surface area (Å²) in [6, 6.07) is 38.2. The molecule has 1 aliphatic rings. The summed E-state index contributed by atoms with van der Waals surface area (Å²) in [4.78, 5) is 19.4. The molecule has 1 aliphatic carbocycles. The second-order valence-corrected chi connectivity index (χ2v) is 11.9. The van der Waals surface area contributed by atoms with Crippen LogP contribution in [-0.4, -0.2) is 19.7 Å². The fraction of sp³-hybridized carbons (Fsp3) is 0.211. The average Bonchev–Trinajstić information content (AvgIpc) is 3.54. The highest BCUT2D eigenvalue weighted by Crippen LogP contribution is 2.44. The normalized spacial score (nSPS) is 17.0. The molecule has 4 heteroatoms. The first kappa shape index (κ1) is 26.2.